The highest BCUT2D eigenvalue weighted by Gasteiger charge is 2.52. The normalized spacial score (nSPS) is 17.2. The Hall–Kier alpha value is -1.86. The van der Waals surface area contributed by atoms with E-state index in [0.717, 1.165) is 0 Å². The van der Waals surface area contributed by atoms with Gasteiger partial charge in [-0.25, -0.2) is 4.79 Å². The Kier molecular flexibility index (Phi) is 7.81. The molecule has 1 atom stereocenters. The number of rotatable bonds is 10. The second kappa shape index (κ2) is 10.2. The summed E-state index contributed by atoms with van der Waals surface area (Å²) in [5, 5.41) is 13.7. The fourth-order valence-corrected chi connectivity index (χ4v) is 3.84. The summed E-state index contributed by atoms with van der Waals surface area (Å²) in [4.78, 5) is 16.5. The molecule has 0 aromatic heterocycles. The summed E-state index contributed by atoms with van der Waals surface area (Å²) in [6.07, 6.45) is 0.650. The van der Waals surface area contributed by atoms with Crippen molar-refractivity contribution in [2.45, 2.75) is 24.3 Å². The Labute approximate surface area is 199 Å². The number of ether oxygens (including phenoxy) is 2. The van der Waals surface area contributed by atoms with E-state index in [1.807, 2.05) is 0 Å². The third kappa shape index (κ3) is 6.10. The van der Waals surface area contributed by atoms with Gasteiger partial charge < -0.3 is 19.4 Å². The first kappa shape index (κ1) is 23.8. The van der Waals surface area contributed by atoms with E-state index in [0.29, 0.717) is 35.7 Å². The standard InChI is InChI=1S/C21H19Cl4NO5/c1-2-31-26-18(20(27)28)15-6-4-3-5-12(15)10-29-14-7-16(22)19(17(23)8-14)30-11-13-9-21(13,24)25/h3-8,13H,2,9-11H2,1H3,(H,27,28). The van der Waals surface area contributed by atoms with E-state index in [1.165, 1.54) is 0 Å². The number of halogens is 4. The van der Waals surface area contributed by atoms with E-state index in [4.69, 9.17) is 60.7 Å². The summed E-state index contributed by atoms with van der Waals surface area (Å²) in [6.45, 7) is 2.32. The van der Waals surface area contributed by atoms with Crippen molar-refractivity contribution in [2.24, 2.45) is 11.1 Å². The van der Waals surface area contributed by atoms with Crippen molar-refractivity contribution in [3.8, 4) is 11.5 Å². The van der Waals surface area contributed by atoms with Crippen LogP contribution in [0.1, 0.15) is 24.5 Å². The third-order valence-corrected chi connectivity index (χ3v) is 6.00. The van der Waals surface area contributed by atoms with E-state index < -0.39 is 10.3 Å². The van der Waals surface area contributed by atoms with Gasteiger partial charge in [-0.15, -0.1) is 23.2 Å². The molecule has 1 N–H and O–H groups in total. The molecule has 2 aromatic rings. The molecule has 0 radical (unpaired) electrons. The summed E-state index contributed by atoms with van der Waals surface area (Å²) >= 11 is 24.6. The van der Waals surface area contributed by atoms with Gasteiger partial charge in [0.1, 0.15) is 23.3 Å². The number of carboxylic acid groups (broad SMARTS) is 1. The van der Waals surface area contributed by atoms with Gasteiger partial charge in [0, 0.05) is 23.6 Å². The van der Waals surface area contributed by atoms with Crippen molar-refractivity contribution in [3.05, 3.63) is 57.6 Å². The largest absolute Gasteiger partial charge is 0.490 e. The Morgan fingerprint density at radius 2 is 1.84 bits per heavy atom. The highest BCUT2D eigenvalue weighted by Crippen LogP contribution is 2.53. The number of hydrogen-bond acceptors (Lipinski definition) is 5. The highest BCUT2D eigenvalue weighted by molar-refractivity contribution is 6.50. The lowest BCUT2D eigenvalue weighted by Gasteiger charge is -2.14. The van der Waals surface area contributed by atoms with E-state index in [2.05, 4.69) is 5.16 Å². The summed E-state index contributed by atoms with van der Waals surface area (Å²) in [5.41, 5.74) is 0.775. The molecule has 2 aromatic carbocycles. The molecule has 6 nitrogen and oxygen atoms in total. The minimum atomic E-state index is -1.21. The lowest BCUT2D eigenvalue weighted by Crippen LogP contribution is -2.18. The monoisotopic (exact) mass is 505 g/mol. The van der Waals surface area contributed by atoms with Gasteiger partial charge in [0.25, 0.3) is 0 Å². The number of nitrogens with zero attached hydrogens (tertiary/aromatic N) is 1. The average Bonchev–Trinajstić information content (AvgIpc) is 3.33. The van der Waals surface area contributed by atoms with Gasteiger partial charge in [-0.1, -0.05) is 52.6 Å². The van der Waals surface area contributed by atoms with Crippen LogP contribution >= 0.6 is 46.4 Å². The van der Waals surface area contributed by atoms with Crippen molar-refractivity contribution in [1.29, 1.82) is 0 Å². The Bertz CT molecular complexity index is 972. The van der Waals surface area contributed by atoms with Crippen molar-refractivity contribution < 1.29 is 24.2 Å². The first-order valence-electron chi connectivity index (χ1n) is 9.37. The molecular weight excluding hydrogens is 488 g/mol. The summed E-state index contributed by atoms with van der Waals surface area (Å²) in [7, 11) is 0. The number of benzene rings is 2. The smallest absolute Gasteiger partial charge is 0.358 e. The quantitative estimate of drug-likeness (QED) is 0.244. The Balaban J connectivity index is 1.72. The molecule has 1 aliphatic carbocycles. The SMILES string of the molecule is CCON=C(C(=O)O)c1ccccc1COc1cc(Cl)c(OCC2CC2(Cl)Cl)c(Cl)c1. The van der Waals surface area contributed by atoms with Crippen LogP contribution in [0.3, 0.4) is 0 Å². The molecule has 0 saturated heterocycles. The van der Waals surface area contributed by atoms with Gasteiger partial charge in [0.15, 0.2) is 11.5 Å². The van der Waals surface area contributed by atoms with Crippen LogP contribution in [0.4, 0.5) is 0 Å². The molecule has 3 rings (SSSR count). The molecular formula is C21H19Cl4NO5. The topological polar surface area (TPSA) is 77.4 Å². The Morgan fingerprint density at radius 3 is 2.42 bits per heavy atom. The lowest BCUT2D eigenvalue weighted by atomic mass is 10.0. The molecule has 10 heteroatoms. The zero-order valence-corrected chi connectivity index (χ0v) is 19.4. The maximum absolute atomic E-state index is 11.6. The molecule has 1 unspecified atom stereocenters. The third-order valence-electron chi connectivity index (χ3n) is 4.51. The zero-order chi connectivity index (χ0) is 22.6. The first-order valence-corrected chi connectivity index (χ1v) is 10.9. The van der Waals surface area contributed by atoms with Crippen LogP contribution in [0, 0.1) is 5.92 Å². The van der Waals surface area contributed by atoms with E-state index >= 15 is 0 Å². The molecule has 166 valence electrons. The first-order chi connectivity index (χ1) is 14.7. The maximum Gasteiger partial charge on any atom is 0.358 e. The number of alkyl halides is 2. The molecule has 1 fully saturated rings. The van der Waals surface area contributed by atoms with Gasteiger partial charge in [-0.05, 0) is 18.9 Å². The lowest BCUT2D eigenvalue weighted by molar-refractivity contribution is -0.129. The molecule has 0 heterocycles. The van der Waals surface area contributed by atoms with Crippen LogP contribution in [0.25, 0.3) is 0 Å². The second-order valence-corrected chi connectivity index (χ2v) is 9.15. The summed E-state index contributed by atoms with van der Waals surface area (Å²) in [5.74, 6) is -0.463. The number of aliphatic carboxylic acids is 1. The number of hydrogen-bond donors (Lipinski definition) is 1. The minimum Gasteiger partial charge on any atom is -0.490 e. The summed E-state index contributed by atoms with van der Waals surface area (Å²) < 4.78 is 10.7. The number of carbonyl (C=O) groups is 1. The van der Waals surface area contributed by atoms with Gasteiger partial charge in [-0.3, -0.25) is 0 Å². The van der Waals surface area contributed by atoms with Gasteiger partial charge in [-0.2, -0.15) is 0 Å². The van der Waals surface area contributed by atoms with Crippen molar-refractivity contribution in [3.63, 3.8) is 0 Å². The second-order valence-electron chi connectivity index (χ2n) is 6.80. The maximum atomic E-state index is 11.6. The van der Waals surface area contributed by atoms with E-state index in [-0.39, 0.29) is 34.9 Å². The van der Waals surface area contributed by atoms with Gasteiger partial charge in [0.05, 0.1) is 16.7 Å². The summed E-state index contributed by atoms with van der Waals surface area (Å²) in [6, 6.07) is 9.98. The minimum absolute atomic E-state index is 0.0252. The predicted molar refractivity (Wildman–Crippen MR) is 121 cm³/mol. The van der Waals surface area contributed by atoms with Crippen LogP contribution in [-0.4, -0.2) is 34.3 Å². The van der Waals surface area contributed by atoms with E-state index in [1.54, 1.807) is 43.3 Å². The van der Waals surface area contributed by atoms with Gasteiger partial charge in [0.2, 0.25) is 0 Å². The van der Waals surface area contributed by atoms with Crippen molar-refractivity contribution in [1.82, 2.24) is 0 Å². The molecule has 0 aliphatic heterocycles. The van der Waals surface area contributed by atoms with Crippen LogP contribution in [0.5, 0.6) is 11.5 Å². The van der Waals surface area contributed by atoms with Crippen LogP contribution in [0.15, 0.2) is 41.6 Å². The van der Waals surface area contributed by atoms with Crippen LogP contribution in [0.2, 0.25) is 10.0 Å². The van der Waals surface area contributed by atoms with Crippen molar-refractivity contribution >= 4 is 58.1 Å². The fraction of sp³-hybridized carbons (Fsp3) is 0.333. The van der Waals surface area contributed by atoms with Gasteiger partial charge >= 0.3 is 5.97 Å². The fourth-order valence-electron chi connectivity index (χ4n) is 2.76. The molecule has 0 spiro atoms. The number of oxime groups is 1. The van der Waals surface area contributed by atoms with Crippen molar-refractivity contribution in [2.75, 3.05) is 13.2 Å². The molecule has 0 amide bonds. The van der Waals surface area contributed by atoms with Crippen LogP contribution in [-0.2, 0) is 16.2 Å². The Morgan fingerprint density at radius 1 is 1.19 bits per heavy atom. The predicted octanol–water partition coefficient (Wildman–Crippen LogP) is 5.97. The zero-order valence-electron chi connectivity index (χ0n) is 16.4. The number of carboxylic acids is 1. The average molecular weight is 507 g/mol. The highest BCUT2D eigenvalue weighted by atomic mass is 35.5. The molecule has 0 bridgehead atoms. The molecule has 31 heavy (non-hydrogen) atoms. The van der Waals surface area contributed by atoms with E-state index in [9.17, 15) is 9.90 Å². The molecule has 1 saturated carbocycles. The molecule has 1 aliphatic rings. The van der Waals surface area contributed by atoms with Crippen LogP contribution < -0.4 is 9.47 Å².